The zero-order valence-electron chi connectivity index (χ0n) is 15.9. The molecule has 0 atom stereocenters. The molecule has 1 heterocycles. The van der Waals surface area contributed by atoms with Crippen molar-refractivity contribution in [2.24, 2.45) is 0 Å². The molecule has 0 saturated heterocycles. The summed E-state index contributed by atoms with van der Waals surface area (Å²) >= 11 is 0. The van der Waals surface area contributed by atoms with Crippen molar-refractivity contribution >= 4 is 23.3 Å². The molecular weight excluding hydrogens is 366 g/mol. The van der Waals surface area contributed by atoms with E-state index in [1.165, 1.54) is 0 Å². The molecule has 3 aromatic rings. The Morgan fingerprint density at radius 3 is 1.90 bits per heavy atom. The average Bonchev–Trinajstić information content (AvgIpc) is 2.94. The average molecular weight is 387 g/mol. The Bertz CT molecular complexity index is 969. The van der Waals surface area contributed by atoms with Crippen LogP contribution in [0.3, 0.4) is 0 Å². The smallest absolute Gasteiger partial charge is 0.344 e. The van der Waals surface area contributed by atoms with Gasteiger partial charge in [-0.2, -0.15) is 0 Å². The minimum absolute atomic E-state index is 0.246. The predicted molar refractivity (Wildman–Crippen MR) is 110 cm³/mol. The first kappa shape index (κ1) is 18.7. The molecule has 0 spiro atoms. The van der Waals surface area contributed by atoms with E-state index in [1.54, 1.807) is 17.0 Å². The van der Waals surface area contributed by atoms with Gasteiger partial charge in [0.2, 0.25) is 0 Å². The molecule has 1 aliphatic rings. The highest BCUT2D eigenvalue weighted by molar-refractivity contribution is 6.03. The lowest BCUT2D eigenvalue weighted by atomic mass is 10.0. The lowest BCUT2D eigenvalue weighted by Crippen LogP contribution is -2.32. The van der Waals surface area contributed by atoms with Gasteiger partial charge < -0.3 is 9.47 Å². The van der Waals surface area contributed by atoms with E-state index in [0.717, 1.165) is 35.3 Å². The lowest BCUT2D eigenvalue weighted by Gasteiger charge is -2.24. The number of amides is 1. The number of carbonyl (C=O) groups is 2. The largest absolute Gasteiger partial charge is 0.482 e. The van der Waals surface area contributed by atoms with E-state index >= 15 is 0 Å². The SMILES string of the molecule is O=C(COc1ccccc1)OCC(=O)N1c2ccccc2CCc2ccccc21. The standard InChI is InChI=1S/C24H21NO4/c26-23(16-29-24(27)17-28-20-10-2-1-3-11-20)25-21-12-6-4-8-18(21)14-15-19-9-5-7-13-22(19)25/h1-13H,14-17H2. The van der Waals surface area contributed by atoms with Crippen LogP contribution in [0.5, 0.6) is 5.75 Å². The number of ether oxygens (including phenoxy) is 2. The van der Waals surface area contributed by atoms with E-state index in [-0.39, 0.29) is 19.1 Å². The third-order valence-electron chi connectivity index (χ3n) is 4.83. The number of rotatable bonds is 5. The van der Waals surface area contributed by atoms with E-state index in [1.807, 2.05) is 66.7 Å². The van der Waals surface area contributed by atoms with Crippen molar-refractivity contribution in [1.82, 2.24) is 0 Å². The topological polar surface area (TPSA) is 55.8 Å². The summed E-state index contributed by atoms with van der Waals surface area (Å²) in [6, 6.07) is 24.7. The first-order valence-corrected chi connectivity index (χ1v) is 9.54. The molecule has 0 radical (unpaired) electrons. The van der Waals surface area contributed by atoms with Crippen LogP contribution in [0.2, 0.25) is 0 Å². The summed E-state index contributed by atoms with van der Waals surface area (Å²) in [5.41, 5.74) is 3.85. The molecular formula is C24H21NO4. The number of carbonyl (C=O) groups excluding carboxylic acids is 2. The Balaban J connectivity index is 1.47. The van der Waals surface area contributed by atoms with Crippen LogP contribution in [0.1, 0.15) is 11.1 Å². The van der Waals surface area contributed by atoms with Gasteiger partial charge in [0.25, 0.3) is 5.91 Å². The summed E-state index contributed by atoms with van der Waals surface area (Å²) in [6.45, 7) is -0.593. The summed E-state index contributed by atoms with van der Waals surface area (Å²) in [4.78, 5) is 26.8. The highest BCUT2D eigenvalue weighted by Crippen LogP contribution is 2.35. The van der Waals surface area contributed by atoms with Crippen molar-refractivity contribution in [2.45, 2.75) is 12.8 Å². The molecule has 0 unspecified atom stereocenters. The summed E-state index contributed by atoms with van der Waals surface area (Å²) in [5, 5.41) is 0. The Labute approximate surface area is 169 Å². The van der Waals surface area contributed by atoms with E-state index < -0.39 is 5.97 Å². The van der Waals surface area contributed by atoms with Crippen molar-refractivity contribution in [1.29, 1.82) is 0 Å². The first-order chi connectivity index (χ1) is 14.2. The maximum atomic E-state index is 13.1. The summed E-state index contributed by atoms with van der Waals surface area (Å²) in [5.74, 6) is -0.301. The molecule has 4 rings (SSSR count). The highest BCUT2D eigenvalue weighted by Gasteiger charge is 2.26. The number of para-hydroxylation sites is 3. The third-order valence-corrected chi connectivity index (χ3v) is 4.83. The maximum Gasteiger partial charge on any atom is 0.344 e. The van der Waals surface area contributed by atoms with Gasteiger partial charge in [0, 0.05) is 0 Å². The minimum Gasteiger partial charge on any atom is -0.482 e. The Hall–Kier alpha value is -3.60. The van der Waals surface area contributed by atoms with Gasteiger partial charge in [0.1, 0.15) is 5.75 Å². The Morgan fingerprint density at radius 2 is 1.28 bits per heavy atom. The third kappa shape index (κ3) is 4.29. The molecule has 0 aliphatic carbocycles. The summed E-state index contributed by atoms with van der Waals surface area (Å²) in [7, 11) is 0. The fourth-order valence-electron chi connectivity index (χ4n) is 3.46. The Kier molecular flexibility index (Phi) is 5.56. The van der Waals surface area contributed by atoms with Crippen LogP contribution < -0.4 is 9.64 Å². The van der Waals surface area contributed by atoms with Gasteiger partial charge >= 0.3 is 5.97 Å². The van der Waals surface area contributed by atoms with Gasteiger partial charge in [-0.25, -0.2) is 4.79 Å². The molecule has 0 aromatic heterocycles. The molecule has 5 heteroatoms. The second kappa shape index (κ2) is 8.61. The quantitative estimate of drug-likeness (QED) is 0.619. The molecule has 29 heavy (non-hydrogen) atoms. The number of aryl methyl sites for hydroxylation is 2. The van der Waals surface area contributed by atoms with Crippen molar-refractivity contribution in [3.63, 3.8) is 0 Å². The van der Waals surface area contributed by atoms with E-state index in [9.17, 15) is 9.59 Å². The number of fused-ring (bicyclic) bond motifs is 2. The zero-order chi connectivity index (χ0) is 20.1. The second-order valence-electron chi connectivity index (χ2n) is 6.75. The predicted octanol–water partition coefficient (Wildman–Crippen LogP) is 4.07. The van der Waals surface area contributed by atoms with Crippen LogP contribution in [0.25, 0.3) is 0 Å². The van der Waals surface area contributed by atoms with Gasteiger partial charge in [-0.05, 0) is 48.2 Å². The molecule has 1 amide bonds. The van der Waals surface area contributed by atoms with Gasteiger partial charge in [0.05, 0.1) is 11.4 Å². The molecule has 0 N–H and O–H groups in total. The lowest BCUT2D eigenvalue weighted by molar-refractivity contribution is -0.149. The van der Waals surface area contributed by atoms with Gasteiger partial charge in [-0.3, -0.25) is 9.69 Å². The highest BCUT2D eigenvalue weighted by atomic mass is 16.6. The van der Waals surface area contributed by atoms with Crippen molar-refractivity contribution < 1.29 is 19.1 Å². The van der Waals surface area contributed by atoms with Crippen molar-refractivity contribution in [2.75, 3.05) is 18.1 Å². The molecule has 0 bridgehead atoms. The number of hydrogen-bond donors (Lipinski definition) is 0. The normalized spacial score (nSPS) is 12.3. The number of anilines is 2. The summed E-state index contributed by atoms with van der Waals surface area (Å²) < 4.78 is 10.6. The van der Waals surface area contributed by atoms with Crippen molar-refractivity contribution in [3.05, 3.63) is 90.0 Å². The molecule has 5 nitrogen and oxygen atoms in total. The van der Waals surface area contributed by atoms with Gasteiger partial charge in [-0.15, -0.1) is 0 Å². The number of esters is 1. The van der Waals surface area contributed by atoms with E-state index in [4.69, 9.17) is 9.47 Å². The van der Waals surface area contributed by atoms with Crippen LogP contribution in [-0.4, -0.2) is 25.1 Å². The van der Waals surface area contributed by atoms with Crippen LogP contribution >= 0.6 is 0 Å². The molecule has 0 fully saturated rings. The second-order valence-corrected chi connectivity index (χ2v) is 6.75. The molecule has 0 saturated carbocycles. The molecule has 3 aromatic carbocycles. The monoisotopic (exact) mass is 387 g/mol. The molecule has 1 aliphatic heterocycles. The first-order valence-electron chi connectivity index (χ1n) is 9.54. The maximum absolute atomic E-state index is 13.1. The number of nitrogens with zero attached hydrogens (tertiary/aromatic N) is 1. The van der Waals surface area contributed by atoms with Crippen LogP contribution in [0.4, 0.5) is 11.4 Å². The Morgan fingerprint density at radius 1 is 0.724 bits per heavy atom. The zero-order valence-corrected chi connectivity index (χ0v) is 15.9. The van der Waals surface area contributed by atoms with Crippen LogP contribution in [0, 0.1) is 0 Å². The van der Waals surface area contributed by atoms with Crippen LogP contribution in [0.15, 0.2) is 78.9 Å². The van der Waals surface area contributed by atoms with Gasteiger partial charge in [0.15, 0.2) is 13.2 Å². The van der Waals surface area contributed by atoms with E-state index in [0.29, 0.717) is 5.75 Å². The fraction of sp³-hybridized carbons (Fsp3) is 0.167. The summed E-state index contributed by atoms with van der Waals surface area (Å²) in [6.07, 6.45) is 1.70. The van der Waals surface area contributed by atoms with Gasteiger partial charge in [-0.1, -0.05) is 54.6 Å². The number of benzene rings is 3. The van der Waals surface area contributed by atoms with Crippen molar-refractivity contribution in [3.8, 4) is 5.75 Å². The fourth-order valence-corrected chi connectivity index (χ4v) is 3.46. The van der Waals surface area contributed by atoms with E-state index in [2.05, 4.69) is 0 Å². The minimum atomic E-state index is -0.585. The number of hydrogen-bond acceptors (Lipinski definition) is 4. The van der Waals surface area contributed by atoms with Crippen LogP contribution in [-0.2, 0) is 27.2 Å². The molecule has 146 valence electrons.